The molecule has 0 saturated carbocycles. The van der Waals surface area contributed by atoms with Crippen LogP contribution < -0.4 is 16.0 Å². The Morgan fingerprint density at radius 1 is 1.06 bits per heavy atom. The Morgan fingerprint density at radius 2 is 1.70 bits per heavy atom. The van der Waals surface area contributed by atoms with Crippen molar-refractivity contribution in [3.05, 3.63) is 57.7 Å². The van der Waals surface area contributed by atoms with Crippen molar-refractivity contribution in [3.8, 4) is 11.1 Å². The van der Waals surface area contributed by atoms with Gasteiger partial charge in [-0.05, 0) is 111 Å². The highest BCUT2D eigenvalue weighted by Gasteiger charge is 2.17. The van der Waals surface area contributed by atoms with Gasteiger partial charge in [0.2, 0.25) is 5.91 Å². The van der Waals surface area contributed by atoms with Crippen LogP contribution >= 0.6 is 0 Å². The lowest BCUT2D eigenvalue weighted by Gasteiger charge is -2.20. The third-order valence-electron chi connectivity index (χ3n) is 6.60. The van der Waals surface area contributed by atoms with Crippen molar-refractivity contribution < 1.29 is 14.7 Å². The Kier molecular flexibility index (Phi) is 7.92. The minimum Gasteiger partial charge on any atom is -0.481 e. The second kappa shape index (κ2) is 10.7. The minimum atomic E-state index is -0.926. The van der Waals surface area contributed by atoms with Gasteiger partial charge in [0.05, 0.1) is 12.6 Å². The van der Waals surface area contributed by atoms with E-state index in [1.807, 2.05) is 6.08 Å². The normalized spacial score (nSPS) is 16.0. The lowest BCUT2D eigenvalue weighted by molar-refractivity contribution is -0.136. The molecule has 1 amide bonds. The van der Waals surface area contributed by atoms with E-state index in [4.69, 9.17) is 5.11 Å². The molecule has 2 aromatic rings. The Labute approximate surface area is 196 Å². The average Bonchev–Trinajstić information content (AvgIpc) is 3.29. The number of benzene rings is 2. The molecule has 0 aromatic heterocycles. The first-order chi connectivity index (χ1) is 15.7. The zero-order valence-electron chi connectivity index (χ0n) is 20.3. The number of nitrogens with one attached hydrogen (secondary N) is 3. The number of carbonyl (C=O) groups excluding carboxylic acids is 1. The monoisotopic (exact) mass is 449 g/mol. The van der Waals surface area contributed by atoms with Crippen LogP contribution in [0.15, 0.2) is 29.8 Å². The predicted molar refractivity (Wildman–Crippen MR) is 134 cm³/mol. The second-order valence-electron chi connectivity index (χ2n) is 8.89. The predicted octanol–water partition coefficient (Wildman–Crippen LogP) is 4.70. The molecule has 0 spiro atoms. The molecule has 2 aromatic carbocycles. The van der Waals surface area contributed by atoms with Crippen LogP contribution in [-0.4, -0.2) is 36.2 Å². The fourth-order valence-corrected chi connectivity index (χ4v) is 4.44. The van der Waals surface area contributed by atoms with Gasteiger partial charge in [-0.2, -0.15) is 0 Å². The number of amides is 1. The quantitative estimate of drug-likeness (QED) is 0.439. The smallest absolute Gasteiger partial charge is 0.305 e. The van der Waals surface area contributed by atoms with Crippen LogP contribution in [0.5, 0.6) is 0 Å². The SMILES string of the molecule is C/C(=C\c1c(C)c(C)c(-c2ccc(NC3CCCN3)cc2)c(C)c1C)C(=O)NCCC(=O)O. The van der Waals surface area contributed by atoms with Gasteiger partial charge in [-0.25, -0.2) is 0 Å². The molecule has 1 atom stereocenters. The second-order valence-corrected chi connectivity index (χ2v) is 8.89. The number of aliphatic carboxylic acids is 1. The molecule has 0 radical (unpaired) electrons. The van der Waals surface area contributed by atoms with Crippen LogP contribution in [0.1, 0.15) is 54.0 Å². The highest BCUT2D eigenvalue weighted by atomic mass is 16.4. The van der Waals surface area contributed by atoms with Crippen molar-refractivity contribution in [2.45, 2.75) is 60.0 Å². The number of carboxylic acid groups (broad SMARTS) is 1. The molecule has 1 aliphatic rings. The largest absolute Gasteiger partial charge is 0.481 e. The fourth-order valence-electron chi connectivity index (χ4n) is 4.44. The molecule has 0 bridgehead atoms. The van der Waals surface area contributed by atoms with Gasteiger partial charge in [-0.3, -0.25) is 14.9 Å². The number of rotatable bonds is 8. The van der Waals surface area contributed by atoms with Crippen LogP contribution in [0.2, 0.25) is 0 Å². The summed E-state index contributed by atoms with van der Waals surface area (Å²) in [6.45, 7) is 11.4. The van der Waals surface area contributed by atoms with E-state index in [-0.39, 0.29) is 18.9 Å². The average molecular weight is 450 g/mol. The van der Waals surface area contributed by atoms with Crippen molar-refractivity contribution in [1.82, 2.24) is 10.6 Å². The molecule has 3 rings (SSSR count). The van der Waals surface area contributed by atoms with E-state index in [1.54, 1.807) is 6.92 Å². The van der Waals surface area contributed by atoms with Gasteiger partial charge in [0.1, 0.15) is 0 Å². The zero-order chi connectivity index (χ0) is 24.1. The molecule has 1 heterocycles. The standard InChI is InChI=1S/C27H35N3O3/c1-16(27(33)29-14-12-25(31)32)15-23-17(2)19(4)26(20(5)18(23)3)21-8-10-22(11-9-21)30-24-7-6-13-28-24/h8-11,15,24,28,30H,6-7,12-14H2,1-5H3,(H,29,33)(H,31,32)/b16-15+. The molecular formula is C27H35N3O3. The third kappa shape index (κ3) is 5.82. The molecular weight excluding hydrogens is 414 g/mol. The van der Waals surface area contributed by atoms with Crippen LogP contribution in [0, 0.1) is 27.7 Å². The van der Waals surface area contributed by atoms with Crippen molar-refractivity contribution in [3.63, 3.8) is 0 Å². The fraction of sp³-hybridized carbons (Fsp3) is 0.407. The maximum atomic E-state index is 12.4. The van der Waals surface area contributed by atoms with Crippen LogP contribution in [-0.2, 0) is 9.59 Å². The molecule has 176 valence electrons. The van der Waals surface area contributed by atoms with Crippen molar-refractivity contribution in [1.29, 1.82) is 0 Å². The Hall–Kier alpha value is -3.12. The van der Waals surface area contributed by atoms with Gasteiger partial charge in [0.15, 0.2) is 0 Å². The molecule has 1 unspecified atom stereocenters. The van der Waals surface area contributed by atoms with Gasteiger partial charge in [-0.1, -0.05) is 12.1 Å². The summed E-state index contributed by atoms with van der Waals surface area (Å²) in [7, 11) is 0. The summed E-state index contributed by atoms with van der Waals surface area (Å²) < 4.78 is 0. The molecule has 6 nitrogen and oxygen atoms in total. The molecule has 1 saturated heterocycles. The van der Waals surface area contributed by atoms with Crippen LogP contribution in [0.4, 0.5) is 5.69 Å². The zero-order valence-corrected chi connectivity index (χ0v) is 20.3. The summed E-state index contributed by atoms with van der Waals surface area (Å²) in [5.41, 5.74) is 9.82. The summed E-state index contributed by atoms with van der Waals surface area (Å²) >= 11 is 0. The Bertz CT molecular complexity index is 1040. The van der Waals surface area contributed by atoms with E-state index in [2.05, 4.69) is 67.9 Å². The molecule has 33 heavy (non-hydrogen) atoms. The first-order valence-corrected chi connectivity index (χ1v) is 11.6. The van der Waals surface area contributed by atoms with E-state index < -0.39 is 5.97 Å². The van der Waals surface area contributed by atoms with E-state index in [0.717, 1.165) is 35.3 Å². The van der Waals surface area contributed by atoms with Gasteiger partial charge in [0, 0.05) is 17.8 Å². The molecule has 1 aliphatic heterocycles. The van der Waals surface area contributed by atoms with Crippen molar-refractivity contribution in [2.24, 2.45) is 0 Å². The lowest BCUT2D eigenvalue weighted by atomic mass is 9.85. The molecule has 4 N–H and O–H groups in total. The summed E-state index contributed by atoms with van der Waals surface area (Å²) in [6, 6.07) is 8.61. The van der Waals surface area contributed by atoms with E-state index >= 15 is 0 Å². The van der Waals surface area contributed by atoms with Crippen LogP contribution in [0.25, 0.3) is 17.2 Å². The maximum Gasteiger partial charge on any atom is 0.305 e. The molecule has 0 aliphatic carbocycles. The summed E-state index contributed by atoms with van der Waals surface area (Å²) in [4.78, 5) is 23.1. The highest BCUT2D eigenvalue weighted by molar-refractivity contribution is 5.98. The Balaban J connectivity index is 1.86. The van der Waals surface area contributed by atoms with E-state index in [1.165, 1.54) is 28.7 Å². The van der Waals surface area contributed by atoms with Gasteiger partial charge < -0.3 is 15.7 Å². The van der Waals surface area contributed by atoms with Crippen LogP contribution in [0.3, 0.4) is 0 Å². The van der Waals surface area contributed by atoms with Crippen molar-refractivity contribution in [2.75, 3.05) is 18.4 Å². The number of carboxylic acids is 1. The summed E-state index contributed by atoms with van der Waals surface area (Å²) in [5.74, 6) is -1.17. The summed E-state index contributed by atoms with van der Waals surface area (Å²) in [6.07, 6.45) is 4.52. The topological polar surface area (TPSA) is 90.5 Å². The van der Waals surface area contributed by atoms with E-state index in [0.29, 0.717) is 11.7 Å². The first kappa shape index (κ1) is 24.5. The maximum absolute atomic E-state index is 12.4. The Morgan fingerprint density at radius 3 is 2.24 bits per heavy atom. The lowest BCUT2D eigenvalue weighted by Crippen LogP contribution is -2.29. The third-order valence-corrected chi connectivity index (χ3v) is 6.60. The van der Waals surface area contributed by atoms with E-state index in [9.17, 15) is 9.59 Å². The highest BCUT2D eigenvalue weighted by Crippen LogP contribution is 2.35. The number of anilines is 1. The van der Waals surface area contributed by atoms with Crippen molar-refractivity contribution >= 4 is 23.6 Å². The number of hydrogen-bond acceptors (Lipinski definition) is 4. The summed E-state index contributed by atoms with van der Waals surface area (Å²) in [5, 5.41) is 18.4. The molecule has 6 heteroatoms. The minimum absolute atomic E-state index is 0.0878. The number of hydrogen-bond donors (Lipinski definition) is 4. The number of carbonyl (C=O) groups is 2. The van der Waals surface area contributed by atoms with Gasteiger partial charge in [0.25, 0.3) is 0 Å². The first-order valence-electron chi connectivity index (χ1n) is 11.6. The molecule has 1 fully saturated rings. The van der Waals surface area contributed by atoms with Gasteiger partial charge in [-0.15, -0.1) is 0 Å². The van der Waals surface area contributed by atoms with Gasteiger partial charge >= 0.3 is 5.97 Å².